The topological polar surface area (TPSA) is 89.6 Å². The standard InChI is InChI=1S/C22H35NO5/c1-21(2,3)13-14-9-16(10-14)17-12-18(28-23-17)15(7-8-19(24)25)11-20(26)27-22(4,5)6/h12,14-16H,7-11,13H2,1-6H3,(H,24,25)/t14-,15-,16+/m0/s1. The third kappa shape index (κ3) is 7.28. The zero-order valence-electron chi connectivity index (χ0n) is 18.1. The molecule has 1 aromatic heterocycles. The first kappa shape index (κ1) is 22.4. The average molecular weight is 394 g/mol. The number of carbonyl (C=O) groups excluding carboxylic acids is 1. The zero-order valence-corrected chi connectivity index (χ0v) is 18.1. The maximum Gasteiger partial charge on any atom is 0.307 e. The molecule has 0 amide bonds. The van der Waals surface area contributed by atoms with E-state index in [9.17, 15) is 9.59 Å². The molecular weight excluding hydrogens is 358 g/mol. The smallest absolute Gasteiger partial charge is 0.307 e. The second-order valence-corrected chi connectivity index (χ2v) is 10.4. The number of carbonyl (C=O) groups is 2. The van der Waals surface area contributed by atoms with E-state index in [1.54, 1.807) is 0 Å². The Morgan fingerprint density at radius 2 is 1.89 bits per heavy atom. The van der Waals surface area contributed by atoms with Crippen LogP contribution >= 0.6 is 0 Å². The summed E-state index contributed by atoms with van der Waals surface area (Å²) >= 11 is 0. The van der Waals surface area contributed by atoms with Crippen LogP contribution in [-0.2, 0) is 14.3 Å². The van der Waals surface area contributed by atoms with Crippen molar-refractivity contribution < 1.29 is 24.0 Å². The SMILES string of the molecule is CC(C)(C)C[C@H]1C[C@@H](c2cc([C@@H](CCC(=O)O)CC(=O)OC(C)(C)C)on2)C1. The summed E-state index contributed by atoms with van der Waals surface area (Å²) in [4.78, 5) is 23.2. The number of aliphatic carboxylic acids is 1. The van der Waals surface area contributed by atoms with Gasteiger partial charge in [-0.2, -0.15) is 0 Å². The molecule has 1 atom stereocenters. The summed E-state index contributed by atoms with van der Waals surface area (Å²) in [6, 6.07) is 1.91. The van der Waals surface area contributed by atoms with Crippen LogP contribution in [0.4, 0.5) is 0 Å². The number of esters is 1. The first-order valence-electron chi connectivity index (χ1n) is 10.2. The highest BCUT2D eigenvalue weighted by atomic mass is 16.6. The molecule has 0 aliphatic heterocycles. The van der Waals surface area contributed by atoms with Gasteiger partial charge >= 0.3 is 11.9 Å². The molecule has 1 saturated carbocycles. The summed E-state index contributed by atoms with van der Waals surface area (Å²) in [5, 5.41) is 13.3. The van der Waals surface area contributed by atoms with Gasteiger partial charge < -0.3 is 14.4 Å². The molecule has 6 heteroatoms. The Balaban J connectivity index is 2.00. The van der Waals surface area contributed by atoms with E-state index in [-0.39, 0.29) is 24.7 Å². The predicted molar refractivity (Wildman–Crippen MR) is 106 cm³/mol. The molecule has 6 nitrogen and oxygen atoms in total. The molecule has 1 fully saturated rings. The molecule has 28 heavy (non-hydrogen) atoms. The minimum Gasteiger partial charge on any atom is -0.481 e. The van der Waals surface area contributed by atoms with Crippen LogP contribution in [0.1, 0.15) is 103 Å². The van der Waals surface area contributed by atoms with E-state index in [4.69, 9.17) is 14.4 Å². The van der Waals surface area contributed by atoms with Crippen LogP contribution in [0.5, 0.6) is 0 Å². The lowest BCUT2D eigenvalue weighted by Crippen LogP contribution is -2.26. The molecule has 1 heterocycles. The quantitative estimate of drug-likeness (QED) is 0.604. The molecule has 0 bridgehead atoms. The van der Waals surface area contributed by atoms with Crippen molar-refractivity contribution in [2.24, 2.45) is 11.3 Å². The summed E-state index contributed by atoms with van der Waals surface area (Å²) in [5.74, 6) is 0.118. The van der Waals surface area contributed by atoms with Crippen molar-refractivity contribution >= 4 is 11.9 Å². The van der Waals surface area contributed by atoms with Gasteiger partial charge in [-0.25, -0.2) is 0 Å². The average Bonchev–Trinajstić information content (AvgIpc) is 2.93. The highest BCUT2D eigenvalue weighted by Gasteiger charge is 2.35. The number of hydrogen-bond acceptors (Lipinski definition) is 5. The first-order chi connectivity index (χ1) is 12.8. The van der Waals surface area contributed by atoms with Gasteiger partial charge in [0.25, 0.3) is 0 Å². The molecule has 1 aliphatic carbocycles. The van der Waals surface area contributed by atoms with E-state index in [1.807, 2.05) is 26.8 Å². The third-order valence-corrected chi connectivity index (χ3v) is 5.04. The van der Waals surface area contributed by atoms with Crippen molar-refractivity contribution in [2.75, 3.05) is 0 Å². The molecule has 1 aromatic rings. The van der Waals surface area contributed by atoms with Crippen molar-refractivity contribution in [3.05, 3.63) is 17.5 Å². The van der Waals surface area contributed by atoms with Crippen LogP contribution in [-0.4, -0.2) is 27.8 Å². The number of hydrogen-bond donors (Lipinski definition) is 1. The third-order valence-electron chi connectivity index (χ3n) is 5.04. The second kappa shape index (κ2) is 8.66. The predicted octanol–water partition coefficient (Wildman–Crippen LogP) is 5.28. The van der Waals surface area contributed by atoms with Crippen LogP contribution in [0, 0.1) is 11.3 Å². The molecular formula is C22H35NO5. The molecule has 1 aliphatic rings. The van der Waals surface area contributed by atoms with Crippen molar-refractivity contribution in [1.29, 1.82) is 0 Å². The Hall–Kier alpha value is -1.85. The Morgan fingerprint density at radius 3 is 2.43 bits per heavy atom. The molecule has 1 N–H and O–H groups in total. The Bertz CT molecular complexity index is 674. The Kier molecular flexibility index (Phi) is 6.94. The van der Waals surface area contributed by atoms with Crippen molar-refractivity contribution in [2.45, 2.75) is 97.5 Å². The maximum absolute atomic E-state index is 12.2. The highest BCUT2D eigenvalue weighted by molar-refractivity contribution is 5.71. The number of nitrogens with zero attached hydrogens (tertiary/aromatic N) is 1. The lowest BCUT2D eigenvalue weighted by atomic mass is 9.67. The maximum atomic E-state index is 12.2. The van der Waals surface area contributed by atoms with Gasteiger partial charge in [-0.1, -0.05) is 25.9 Å². The molecule has 0 aromatic carbocycles. The largest absolute Gasteiger partial charge is 0.481 e. The highest BCUT2D eigenvalue weighted by Crippen LogP contribution is 2.46. The second-order valence-electron chi connectivity index (χ2n) is 10.4. The summed E-state index contributed by atoms with van der Waals surface area (Å²) in [5.41, 5.74) is 0.680. The van der Waals surface area contributed by atoms with E-state index in [0.29, 0.717) is 23.5 Å². The number of rotatable bonds is 8. The summed E-state index contributed by atoms with van der Waals surface area (Å²) < 4.78 is 10.9. The molecule has 0 saturated heterocycles. The van der Waals surface area contributed by atoms with Crippen molar-refractivity contribution in [3.8, 4) is 0 Å². The minimum atomic E-state index is -0.891. The summed E-state index contributed by atoms with van der Waals surface area (Å²) in [7, 11) is 0. The van der Waals surface area contributed by atoms with E-state index in [2.05, 4.69) is 25.9 Å². The van der Waals surface area contributed by atoms with E-state index >= 15 is 0 Å². The van der Waals surface area contributed by atoms with E-state index in [1.165, 1.54) is 6.42 Å². The summed E-state index contributed by atoms with van der Waals surface area (Å²) in [6.07, 6.45) is 3.80. The van der Waals surface area contributed by atoms with Crippen LogP contribution in [0.3, 0.4) is 0 Å². The van der Waals surface area contributed by atoms with Crippen LogP contribution in [0.25, 0.3) is 0 Å². The first-order valence-corrected chi connectivity index (χ1v) is 10.2. The number of ether oxygens (including phenoxy) is 1. The van der Waals surface area contributed by atoms with Crippen LogP contribution in [0.2, 0.25) is 0 Å². The van der Waals surface area contributed by atoms with Gasteiger partial charge in [0.15, 0.2) is 0 Å². The lowest BCUT2D eigenvalue weighted by molar-refractivity contribution is -0.155. The molecule has 0 radical (unpaired) electrons. The number of carboxylic acids is 1. The normalized spacial score (nSPS) is 21.1. The lowest BCUT2D eigenvalue weighted by Gasteiger charge is -2.37. The zero-order chi connectivity index (χ0) is 21.1. The van der Waals surface area contributed by atoms with E-state index < -0.39 is 11.6 Å². The van der Waals surface area contributed by atoms with Crippen molar-refractivity contribution in [1.82, 2.24) is 5.16 Å². The molecule has 2 rings (SSSR count). The van der Waals surface area contributed by atoms with Gasteiger partial charge in [0.05, 0.1) is 12.1 Å². The van der Waals surface area contributed by atoms with Crippen LogP contribution < -0.4 is 0 Å². The molecule has 0 spiro atoms. The van der Waals surface area contributed by atoms with Gasteiger partial charge in [-0.15, -0.1) is 0 Å². The number of carboxylic acid groups (broad SMARTS) is 1. The fraction of sp³-hybridized carbons (Fsp3) is 0.773. The van der Waals surface area contributed by atoms with Gasteiger partial charge in [-0.05, 0) is 57.8 Å². The Morgan fingerprint density at radius 1 is 1.25 bits per heavy atom. The monoisotopic (exact) mass is 393 g/mol. The van der Waals surface area contributed by atoms with Gasteiger partial charge in [0.2, 0.25) is 0 Å². The molecule has 0 unspecified atom stereocenters. The van der Waals surface area contributed by atoms with Gasteiger partial charge in [0.1, 0.15) is 11.4 Å². The van der Waals surface area contributed by atoms with E-state index in [0.717, 1.165) is 24.5 Å². The fourth-order valence-corrected chi connectivity index (χ4v) is 3.93. The van der Waals surface area contributed by atoms with Crippen molar-refractivity contribution in [3.63, 3.8) is 0 Å². The number of aromatic nitrogens is 1. The minimum absolute atomic E-state index is 0.0272. The molecule has 158 valence electrons. The van der Waals surface area contributed by atoms with Crippen LogP contribution in [0.15, 0.2) is 10.6 Å². The Labute approximate surface area is 168 Å². The van der Waals surface area contributed by atoms with Gasteiger partial charge in [0, 0.05) is 24.3 Å². The van der Waals surface area contributed by atoms with Gasteiger partial charge in [-0.3, -0.25) is 9.59 Å². The summed E-state index contributed by atoms with van der Waals surface area (Å²) in [6.45, 7) is 12.2. The fourth-order valence-electron chi connectivity index (χ4n) is 3.93.